The van der Waals surface area contributed by atoms with Gasteiger partial charge in [-0.3, -0.25) is 4.98 Å². The lowest BCUT2D eigenvalue weighted by molar-refractivity contribution is -0.223. The first kappa shape index (κ1) is 39.3. The van der Waals surface area contributed by atoms with Crippen LogP contribution in [-0.2, 0) is 20.9 Å². The van der Waals surface area contributed by atoms with Crippen LogP contribution in [0.25, 0.3) is 0 Å². The Labute approximate surface area is 325 Å². The minimum absolute atomic E-state index is 0.0275. The van der Waals surface area contributed by atoms with E-state index in [1.807, 2.05) is 49.0 Å². The molecule has 0 radical (unpaired) electrons. The van der Waals surface area contributed by atoms with Crippen molar-refractivity contribution in [3.8, 4) is 11.5 Å². The van der Waals surface area contributed by atoms with Gasteiger partial charge in [0.2, 0.25) is 12.1 Å². The van der Waals surface area contributed by atoms with Gasteiger partial charge in [0.25, 0.3) is 0 Å². The minimum atomic E-state index is -0.954. The van der Waals surface area contributed by atoms with E-state index in [1.54, 1.807) is 0 Å². The molecule has 7 atom stereocenters. The normalized spacial score (nSPS) is 29.9. The number of rotatable bonds is 18. The maximum absolute atomic E-state index is 9.92. The van der Waals surface area contributed by atoms with Crippen LogP contribution in [0, 0.1) is 24.7 Å². The molecule has 2 aromatic rings. The van der Waals surface area contributed by atoms with Crippen molar-refractivity contribution in [2.45, 2.75) is 132 Å². The molecule has 0 amide bonds. The summed E-state index contributed by atoms with van der Waals surface area (Å²) in [5, 5.41) is 25.2. The molecule has 0 bridgehead atoms. The van der Waals surface area contributed by atoms with E-state index >= 15 is 0 Å². The van der Waals surface area contributed by atoms with Crippen LogP contribution >= 0.6 is 11.8 Å². The predicted molar refractivity (Wildman–Crippen MR) is 213 cm³/mol. The van der Waals surface area contributed by atoms with E-state index in [1.165, 1.54) is 25.7 Å². The van der Waals surface area contributed by atoms with Gasteiger partial charge in [0.05, 0.1) is 35.8 Å². The van der Waals surface area contributed by atoms with E-state index in [2.05, 4.69) is 29.8 Å². The van der Waals surface area contributed by atoms with Crippen molar-refractivity contribution in [1.29, 1.82) is 0 Å². The fourth-order valence-electron chi connectivity index (χ4n) is 9.54. The van der Waals surface area contributed by atoms with Gasteiger partial charge >= 0.3 is 0 Å². The molecule has 7 unspecified atom stereocenters. The van der Waals surface area contributed by atoms with Crippen molar-refractivity contribution in [2.75, 3.05) is 26.4 Å². The summed E-state index contributed by atoms with van der Waals surface area (Å²) in [4.78, 5) is 10.9. The lowest BCUT2D eigenvalue weighted by Gasteiger charge is -2.58. The van der Waals surface area contributed by atoms with Crippen molar-refractivity contribution in [3.05, 3.63) is 77.7 Å². The lowest BCUT2D eigenvalue weighted by Crippen LogP contribution is -2.64. The number of ether oxygens (including phenoxy) is 4. The van der Waals surface area contributed by atoms with Gasteiger partial charge in [-0.05, 0) is 106 Å². The second-order valence-corrected chi connectivity index (χ2v) is 17.3. The monoisotopic (exact) mass is 760 g/mol. The standard InChI is InChI=1S/C44H60N2O7S/c1-3-24-51-44-40(54-34-16-4-5-17-34)28-38(46-53-41-19-8-11-25-49-41)36-26-31(14-6-9-22-47)35(18-7-10-23-48)42(43(36)44)37-27-33(20-21-39(37)52-44)50-29-32-15-12-13-30(2)45-32/h3,12-13,15,20-21,26-27,31,34-35,40-43,47-48H,1,4-11,14,16-19,22-25,28-29H2,2H3. The number of nitrogens with zero attached hydrogens (tertiary/aromatic N) is 2. The number of unbranched alkanes of at least 4 members (excludes halogenated alkanes) is 2. The highest BCUT2D eigenvalue weighted by Crippen LogP contribution is 2.63. The maximum Gasteiger partial charge on any atom is 0.230 e. The van der Waals surface area contributed by atoms with Crippen LogP contribution in [0.5, 0.6) is 11.5 Å². The number of allylic oxidation sites excluding steroid dienone is 1. The van der Waals surface area contributed by atoms with E-state index in [4.69, 9.17) is 28.9 Å². The van der Waals surface area contributed by atoms with E-state index in [-0.39, 0.29) is 48.4 Å². The van der Waals surface area contributed by atoms with E-state index < -0.39 is 5.79 Å². The van der Waals surface area contributed by atoms with Gasteiger partial charge in [-0.1, -0.05) is 49.1 Å². The molecule has 2 aliphatic heterocycles. The molecule has 7 rings (SSSR count). The highest BCUT2D eigenvalue weighted by atomic mass is 32.2. The number of aliphatic hydroxyl groups excluding tert-OH is 2. The van der Waals surface area contributed by atoms with Gasteiger partial charge in [0.1, 0.15) is 18.1 Å². The lowest BCUT2D eigenvalue weighted by atomic mass is 9.56. The minimum Gasteiger partial charge on any atom is -0.487 e. The molecule has 2 N–H and O–H groups in total. The van der Waals surface area contributed by atoms with E-state index in [0.29, 0.717) is 31.5 Å². The zero-order chi connectivity index (χ0) is 37.3. The SMILES string of the molecule is C=CCOC12Oc3ccc(OCc4cccc(C)n4)cc3C3C(CCCCO)C(CCCCO)C=C(C(=NOC4CCCCO4)CC1SC1CCCC1)C32. The first-order valence-corrected chi connectivity index (χ1v) is 21.5. The average Bonchev–Trinajstić information content (AvgIpc) is 3.71. The first-order chi connectivity index (χ1) is 26.5. The van der Waals surface area contributed by atoms with Crippen LogP contribution in [0.15, 0.2) is 65.9 Å². The Kier molecular flexibility index (Phi) is 13.7. The summed E-state index contributed by atoms with van der Waals surface area (Å²) in [5.41, 5.74) is 5.09. The molecular formula is C44H60N2O7S. The Bertz CT molecular complexity index is 1600. The van der Waals surface area contributed by atoms with Gasteiger partial charge < -0.3 is 34.0 Å². The third kappa shape index (κ3) is 8.88. The van der Waals surface area contributed by atoms with Gasteiger partial charge in [-0.2, -0.15) is 0 Å². The summed E-state index contributed by atoms with van der Waals surface area (Å²) in [5.74, 6) is 1.01. The summed E-state index contributed by atoms with van der Waals surface area (Å²) < 4.78 is 26.9. The van der Waals surface area contributed by atoms with E-state index in [9.17, 15) is 10.2 Å². The second kappa shape index (κ2) is 18.8. The number of benzene rings is 1. The summed E-state index contributed by atoms with van der Waals surface area (Å²) in [7, 11) is 0. The van der Waals surface area contributed by atoms with Crippen molar-refractivity contribution in [2.24, 2.45) is 22.9 Å². The van der Waals surface area contributed by atoms with E-state index in [0.717, 1.165) is 97.5 Å². The Morgan fingerprint density at radius 2 is 1.83 bits per heavy atom. The maximum atomic E-state index is 9.92. The molecular weight excluding hydrogens is 701 g/mol. The van der Waals surface area contributed by atoms with Crippen LogP contribution in [0.2, 0.25) is 0 Å². The average molecular weight is 761 g/mol. The largest absolute Gasteiger partial charge is 0.487 e. The molecule has 2 saturated carbocycles. The van der Waals surface area contributed by atoms with Gasteiger partial charge in [0, 0.05) is 48.5 Å². The van der Waals surface area contributed by atoms with Crippen molar-refractivity contribution < 1.29 is 34.0 Å². The number of fused-ring (bicyclic) bond motifs is 2. The molecule has 10 heteroatoms. The third-order valence-electron chi connectivity index (χ3n) is 12.0. The highest BCUT2D eigenvalue weighted by molar-refractivity contribution is 8.00. The van der Waals surface area contributed by atoms with Crippen molar-refractivity contribution >= 4 is 17.5 Å². The molecule has 1 saturated heterocycles. The Morgan fingerprint density at radius 3 is 2.59 bits per heavy atom. The van der Waals surface area contributed by atoms with Gasteiger partial charge in [-0.25, -0.2) is 0 Å². The number of thioether (sulfide) groups is 1. The number of oxime groups is 1. The van der Waals surface area contributed by atoms with Crippen LogP contribution in [0.3, 0.4) is 0 Å². The molecule has 5 aliphatic rings. The van der Waals surface area contributed by atoms with Crippen LogP contribution < -0.4 is 9.47 Å². The Balaban J connectivity index is 1.36. The predicted octanol–water partition coefficient (Wildman–Crippen LogP) is 8.81. The molecule has 3 aliphatic carbocycles. The summed E-state index contributed by atoms with van der Waals surface area (Å²) in [6.45, 7) is 7.85. The number of pyridine rings is 1. The summed E-state index contributed by atoms with van der Waals surface area (Å²) in [6, 6.07) is 12.3. The molecule has 1 aromatic carbocycles. The van der Waals surface area contributed by atoms with Crippen LogP contribution in [-0.4, -0.2) is 69.9 Å². The van der Waals surface area contributed by atoms with Gasteiger partial charge in [0.15, 0.2) is 0 Å². The van der Waals surface area contributed by atoms with Crippen LogP contribution in [0.4, 0.5) is 0 Å². The fraction of sp³-hybridized carbons (Fsp3) is 0.636. The molecule has 3 heterocycles. The Morgan fingerprint density at radius 1 is 1.02 bits per heavy atom. The zero-order valence-electron chi connectivity index (χ0n) is 32.0. The summed E-state index contributed by atoms with van der Waals surface area (Å²) in [6.07, 6.45) is 17.7. The Hall–Kier alpha value is -2.89. The number of aryl methyl sites for hydroxylation is 1. The number of aliphatic hydroxyl groups is 2. The molecule has 3 fully saturated rings. The topological polar surface area (TPSA) is 112 Å². The highest BCUT2D eigenvalue weighted by Gasteiger charge is 2.64. The van der Waals surface area contributed by atoms with Crippen LogP contribution in [0.1, 0.15) is 113 Å². The third-order valence-corrected chi connectivity index (χ3v) is 13.7. The number of hydrogen-bond acceptors (Lipinski definition) is 10. The van der Waals surface area contributed by atoms with Crippen molar-refractivity contribution in [1.82, 2.24) is 4.98 Å². The smallest absolute Gasteiger partial charge is 0.230 e. The molecule has 1 aromatic heterocycles. The quantitative estimate of drug-likeness (QED) is 0.0875. The number of aromatic nitrogens is 1. The fourth-order valence-corrected chi connectivity index (χ4v) is 11.3. The second-order valence-electron chi connectivity index (χ2n) is 15.7. The first-order valence-electron chi connectivity index (χ1n) is 20.6. The zero-order valence-corrected chi connectivity index (χ0v) is 32.9. The van der Waals surface area contributed by atoms with Gasteiger partial charge in [-0.15, -0.1) is 18.3 Å². The molecule has 9 nitrogen and oxygen atoms in total. The molecule has 0 spiro atoms. The molecule has 54 heavy (non-hydrogen) atoms. The number of hydrogen-bond donors (Lipinski definition) is 2. The summed E-state index contributed by atoms with van der Waals surface area (Å²) >= 11 is 2.02. The van der Waals surface area contributed by atoms with Crippen molar-refractivity contribution in [3.63, 3.8) is 0 Å². The molecule has 294 valence electrons.